The molecule has 0 bridgehead atoms. The quantitative estimate of drug-likeness (QED) is 0.718. The largest absolute Gasteiger partial charge is 0.371 e. The SMILES string of the molecule is CC1(c2ccc(F)cc2)NC(=O)N(CC(=O)Nc2cc(F)cc(N3CCCC3)c2)C1=O. The number of rotatable bonds is 5. The topological polar surface area (TPSA) is 81.8 Å². The van der Waals surface area contributed by atoms with Crippen LogP contribution in [0.4, 0.5) is 25.0 Å². The van der Waals surface area contributed by atoms with E-state index in [4.69, 9.17) is 0 Å². The molecule has 4 rings (SSSR count). The zero-order valence-electron chi connectivity index (χ0n) is 17.0. The fourth-order valence-electron chi connectivity index (χ4n) is 3.97. The van der Waals surface area contributed by atoms with Gasteiger partial charge in [0.15, 0.2) is 0 Å². The molecule has 4 amide bonds. The molecule has 0 saturated carbocycles. The van der Waals surface area contributed by atoms with E-state index < -0.39 is 41.6 Å². The van der Waals surface area contributed by atoms with Crippen LogP contribution in [0.2, 0.25) is 0 Å². The highest BCUT2D eigenvalue weighted by Gasteiger charge is 2.49. The molecule has 2 heterocycles. The van der Waals surface area contributed by atoms with Crippen molar-refractivity contribution in [2.24, 2.45) is 0 Å². The first-order valence-corrected chi connectivity index (χ1v) is 10.0. The Morgan fingerprint density at radius 2 is 1.74 bits per heavy atom. The van der Waals surface area contributed by atoms with Crippen molar-refractivity contribution in [3.8, 4) is 0 Å². The Morgan fingerprint density at radius 1 is 1.06 bits per heavy atom. The Labute approximate surface area is 178 Å². The fourth-order valence-corrected chi connectivity index (χ4v) is 3.97. The van der Waals surface area contributed by atoms with Crippen molar-refractivity contribution in [3.05, 3.63) is 59.7 Å². The van der Waals surface area contributed by atoms with Gasteiger partial charge in [-0.1, -0.05) is 12.1 Å². The second-order valence-corrected chi connectivity index (χ2v) is 7.89. The number of hydrogen-bond acceptors (Lipinski definition) is 4. The summed E-state index contributed by atoms with van der Waals surface area (Å²) < 4.78 is 27.3. The molecule has 1 atom stereocenters. The first-order chi connectivity index (χ1) is 14.8. The van der Waals surface area contributed by atoms with Gasteiger partial charge in [-0.25, -0.2) is 13.6 Å². The highest BCUT2D eigenvalue weighted by molar-refractivity contribution is 6.10. The molecule has 2 aromatic rings. The number of nitrogens with zero attached hydrogens (tertiary/aromatic N) is 2. The molecular formula is C22H22F2N4O3. The van der Waals surface area contributed by atoms with Crippen molar-refractivity contribution in [1.29, 1.82) is 0 Å². The summed E-state index contributed by atoms with van der Waals surface area (Å²) in [7, 11) is 0. The maximum atomic E-state index is 14.0. The smallest absolute Gasteiger partial charge is 0.325 e. The summed E-state index contributed by atoms with van der Waals surface area (Å²) in [6.07, 6.45) is 2.05. The number of benzene rings is 2. The molecule has 0 spiro atoms. The van der Waals surface area contributed by atoms with E-state index in [0.717, 1.165) is 30.8 Å². The minimum atomic E-state index is -1.41. The minimum absolute atomic E-state index is 0.250. The summed E-state index contributed by atoms with van der Waals surface area (Å²) in [4.78, 5) is 40.6. The maximum absolute atomic E-state index is 14.0. The molecule has 2 aromatic carbocycles. The molecule has 2 aliphatic heterocycles. The molecule has 31 heavy (non-hydrogen) atoms. The third-order valence-corrected chi connectivity index (χ3v) is 5.64. The predicted molar refractivity (Wildman–Crippen MR) is 110 cm³/mol. The molecule has 9 heteroatoms. The van der Waals surface area contributed by atoms with E-state index >= 15 is 0 Å². The van der Waals surface area contributed by atoms with E-state index in [-0.39, 0.29) is 5.69 Å². The van der Waals surface area contributed by atoms with Crippen molar-refractivity contribution in [2.45, 2.75) is 25.3 Å². The van der Waals surface area contributed by atoms with E-state index in [2.05, 4.69) is 10.6 Å². The van der Waals surface area contributed by atoms with Crippen LogP contribution in [0.3, 0.4) is 0 Å². The lowest BCUT2D eigenvalue weighted by atomic mass is 9.92. The molecular weight excluding hydrogens is 406 g/mol. The highest BCUT2D eigenvalue weighted by Crippen LogP contribution is 2.29. The average molecular weight is 428 g/mol. The van der Waals surface area contributed by atoms with Gasteiger partial charge in [-0.05, 0) is 55.7 Å². The maximum Gasteiger partial charge on any atom is 0.325 e. The number of hydrogen-bond donors (Lipinski definition) is 2. The van der Waals surface area contributed by atoms with Gasteiger partial charge in [-0.3, -0.25) is 14.5 Å². The normalized spacial score (nSPS) is 20.9. The molecule has 0 aliphatic carbocycles. The van der Waals surface area contributed by atoms with Crippen molar-refractivity contribution in [1.82, 2.24) is 10.2 Å². The number of imide groups is 1. The number of amides is 4. The minimum Gasteiger partial charge on any atom is -0.371 e. The van der Waals surface area contributed by atoms with Crippen molar-refractivity contribution >= 4 is 29.2 Å². The molecule has 2 aliphatic rings. The second kappa shape index (κ2) is 7.98. The summed E-state index contributed by atoms with van der Waals surface area (Å²) in [6.45, 7) is 2.60. The number of carbonyl (C=O) groups is 3. The standard InChI is InChI=1S/C22H22F2N4O3/c1-22(14-4-6-15(23)7-5-14)20(30)28(21(31)26-22)13-19(29)25-17-10-16(24)11-18(12-17)27-8-2-3-9-27/h4-7,10-12H,2-3,8-9,13H2,1H3,(H,25,29)(H,26,31). The molecule has 7 nitrogen and oxygen atoms in total. The Bertz CT molecular complexity index is 1040. The van der Waals surface area contributed by atoms with Crippen LogP contribution >= 0.6 is 0 Å². The van der Waals surface area contributed by atoms with E-state index in [9.17, 15) is 23.2 Å². The third-order valence-electron chi connectivity index (χ3n) is 5.64. The van der Waals surface area contributed by atoms with Gasteiger partial charge in [0.1, 0.15) is 23.7 Å². The van der Waals surface area contributed by atoms with E-state index in [0.29, 0.717) is 11.3 Å². The number of anilines is 2. The Kier molecular flexibility index (Phi) is 5.34. The van der Waals surface area contributed by atoms with E-state index in [1.807, 2.05) is 4.90 Å². The first kappa shape index (κ1) is 20.8. The molecule has 0 radical (unpaired) electrons. The van der Waals surface area contributed by atoms with Crippen LogP contribution in [0.25, 0.3) is 0 Å². The van der Waals surface area contributed by atoms with Crippen LogP contribution in [0.5, 0.6) is 0 Å². The van der Waals surface area contributed by atoms with Gasteiger partial charge in [0.05, 0.1) is 0 Å². The molecule has 2 saturated heterocycles. The molecule has 1 unspecified atom stereocenters. The zero-order chi connectivity index (χ0) is 22.2. The molecule has 2 N–H and O–H groups in total. The number of carbonyl (C=O) groups excluding carboxylic acids is 3. The van der Waals surface area contributed by atoms with Crippen molar-refractivity contribution < 1.29 is 23.2 Å². The summed E-state index contributed by atoms with van der Waals surface area (Å²) >= 11 is 0. The van der Waals surface area contributed by atoms with E-state index in [1.54, 1.807) is 6.07 Å². The Balaban J connectivity index is 1.47. The Hall–Kier alpha value is -3.49. The van der Waals surface area contributed by atoms with Gasteiger partial charge in [-0.2, -0.15) is 0 Å². The lowest BCUT2D eigenvalue weighted by Crippen LogP contribution is -2.42. The molecule has 0 aromatic heterocycles. The average Bonchev–Trinajstić information content (AvgIpc) is 3.32. The fraction of sp³-hybridized carbons (Fsp3) is 0.318. The van der Waals surface area contributed by atoms with Gasteiger partial charge in [0.25, 0.3) is 5.91 Å². The van der Waals surface area contributed by atoms with E-state index in [1.165, 1.54) is 43.3 Å². The van der Waals surface area contributed by atoms with Gasteiger partial charge in [0.2, 0.25) is 5.91 Å². The second-order valence-electron chi connectivity index (χ2n) is 7.89. The van der Waals surface area contributed by atoms with Crippen LogP contribution in [-0.4, -0.2) is 42.4 Å². The summed E-state index contributed by atoms with van der Waals surface area (Å²) in [5, 5.41) is 5.12. The predicted octanol–water partition coefficient (Wildman–Crippen LogP) is 2.97. The van der Waals surface area contributed by atoms with Gasteiger partial charge in [-0.15, -0.1) is 0 Å². The number of halogens is 2. The van der Waals surface area contributed by atoms with Crippen LogP contribution < -0.4 is 15.5 Å². The third kappa shape index (κ3) is 4.08. The van der Waals surface area contributed by atoms with Crippen molar-refractivity contribution in [3.63, 3.8) is 0 Å². The summed E-state index contributed by atoms with van der Waals surface area (Å²) in [5.74, 6) is -2.22. The lowest BCUT2D eigenvalue weighted by Gasteiger charge is -2.22. The summed E-state index contributed by atoms with van der Waals surface area (Å²) in [6, 6.07) is 8.73. The van der Waals surface area contributed by atoms with Crippen LogP contribution in [0.15, 0.2) is 42.5 Å². The molecule has 2 fully saturated rings. The van der Waals surface area contributed by atoms with Crippen molar-refractivity contribution in [2.75, 3.05) is 29.9 Å². The van der Waals surface area contributed by atoms with Crippen LogP contribution in [0.1, 0.15) is 25.3 Å². The monoisotopic (exact) mass is 428 g/mol. The number of urea groups is 1. The lowest BCUT2D eigenvalue weighted by molar-refractivity contribution is -0.133. The summed E-state index contributed by atoms with van der Waals surface area (Å²) in [5.41, 5.74) is -0.0881. The Morgan fingerprint density at radius 3 is 2.42 bits per heavy atom. The van der Waals surface area contributed by atoms with Gasteiger partial charge >= 0.3 is 6.03 Å². The zero-order valence-corrected chi connectivity index (χ0v) is 17.0. The molecule has 162 valence electrons. The highest BCUT2D eigenvalue weighted by atomic mass is 19.1. The van der Waals surface area contributed by atoms with Crippen LogP contribution in [-0.2, 0) is 15.1 Å². The van der Waals surface area contributed by atoms with Gasteiger partial charge < -0.3 is 15.5 Å². The number of nitrogens with one attached hydrogen (secondary N) is 2. The van der Waals surface area contributed by atoms with Crippen LogP contribution in [0, 0.1) is 11.6 Å². The van der Waals surface area contributed by atoms with Gasteiger partial charge in [0, 0.05) is 24.5 Å². The first-order valence-electron chi connectivity index (χ1n) is 10.0.